The van der Waals surface area contributed by atoms with Crippen LogP contribution in [-0.4, -0.2) is 37.3 Å². The number of ether oxygens (including phenoxy) is 2. The van der Waals surface area contributed by atoms with E-state index in [0.717, 1.165) is 48.7 Å². The third kappa shape index (κ3) is 6.09. The number of halogens is 1. The minimum atomic E-state index is -0.920. The molecule has 0 amide bonds. The maximum Gasteiger partial charge on any atom is 0.362 e. The number of thiazole rings is 1. The molecule has 202 valence electrons. The van der Waals surface area contributed by atoms with Crippen LogP contribution in [0.15, 0.2) is 48.5 Å². The lowest BCUT2D eigenvalue weighted by molar-refractivity contribution is -0.166. The summed E-state index contributed by atoms with van der Waals surface area (Å²) in [5, 5.41) is 1.47. The fourth-order valence-corrected chi connectivity index (χ4v) is 5.74. The minimum absolute atomic E-state index is 0.254. The highest BCUT2D eigenvalue weighted by Crippen LogP contribution is 2.45. The van der Waals surface area contributed by atoms with Crippen LogP contribution in [0.5, 0.6) is 0 Å². The van der Waals surface area contributed by atoms with Gasteiger partial charge in [-0.15, -0.1) is 11.3 Å². The molecule has 1 unspecified atom stereocenters. The van der Waals surface area contributed by atoms with Gasteiger partial charge in [0.1, 0.15) is 10.7 Å². The van der Waals surface area contributed by atoms with E-state index in [1.54, 1.807) is 18.3 Å². The Balaban J connectivity index is 2.02. The summed E-state index contributed by atoms with van der Waals surface area (Å²) in [4.78, 5) is 24.2. The van der Waals surface area contributed by atoms with Crippen molar-refractivity contribution in [1.29, 1.82) is 0 Å². The summed E-state index contributed by atoms with van der Waals surface area (Å²) in [6, 6.07) is 15.5. The second-order valence-corrected chi connectivity index (χ2v) is 11.9. The summed E-state index contributed by atoms with van der Waals surface area (Å²) in [6.07, 6.45) is -0.920. The Bertz CT molecular complexity index is 1560. The van der Waals surface area contributed by atoms with Crippen molar-refractivity contribution in [2.24, 2.45) is 0 Å². The second kappa shape index (κ2) is 11.4. The number of carbonyl (C=O) groups excluding carboxylic acids is 1. The predicted molar refractivity (Wildman–Crippen MR) is 163 cm³/mol. The van der Waals surface area contributed by atoms with Gasteiger partial charge in [-0.2, -0.15) is 0 Å². The van der Waals surface area contributed by atoms with Crippen LogP contribution >= 0.6 is 22.9 Å². The van der Waals surface area contributed by atoms with Gasteiger partial charge in [0.25, 0.3) is 6.57 Å². The highest BCUT2D eigenvalue weighted by atomic mass is 35.5. The van der Waals surface area contributed by atoms with Crippen molar-refractivity contribution >= 4 is 50.5 Å². The normalized spacial score (nSPS) is 12.3. The van der Waals surface area contributed by atoms with Gasteiger partial charge in [0.2, 0.25) is 0 Å². The first-order chi connectivity index (χ1) is 18.4. The molecule has 39 heavy (non-hydrogen) atoms. The fourth-order valence-electron chi connectivity index (χ4n) is 4.50. The van der Waals surface area contributed by atoms with Crippen molar-refractivity contribution in [2.75, 3.05) is 25.6 Å². The highest BCUT2D eigenvalue weighted by Gasteiger charge is 2.33. The molecule has 0 aliphatic rings. The summed E-state index contributed by atoms with van der Waals surface area (Å²) in [7, 11) is 3.90. The van der Waals surface area contributed by atoms with E-state index in [-0.39, 0.29) is 6.61 Å². The molecule has 1 atom stereocenters. The van der Waals surface area contributed by atoms with Gasteiger partial charge in [0.05, 0.1) is 22.4 Å². The fraction of sp³-hybridized carbons (Fsp3) is 0.323. The van der Waals surface area contributed by atoms with Crippen molar-refractivity contribution < 1.29 is 14.3 Å². The van der Waals surface area contributed by atoms with Crippen LogP contribution in [0.2, 0.25) is 5.02 Å². The van der Waals surface area contributed by atoms with E-state index in [1.807, 2.05) is 95.2 Å². The number of carbonyl (C=O) groups is 1. The number of hydrogen-bond donors (Lipinski definition) is 0. The molecular formula is C31H33ClN3O3S+. The molecule has 0 aliphatic heterocycles. The smallest absolute Gasteiger partial charge is 0.362 e. The Hall–Kier alpha value is -3.44. The molecule has 0 fully saturated rings. The minimum Gasteiger partial charge on any atom is -0.464 e. The molecule has 4 aromatic rings. The number of anilines is 1. The lowest BCUT2D eigenvalue weighted by Crippen LogP contribution is -2.29. The number of fused-ring (bicyclic) bond motifs is 1. The number of benzene rings is 3. The molecule has 1 heterocycles. The monoisotopic (exact) mass is 562 g/mol. The van der Waals surface area contributed by atoms with Gasteiger partial charge in [0.15, 0.2) is 6.10 Å². The van der Waals surface area contributed by atoms with E-state index in [9.17, 15) is 4.79 Å². The van der Waals surface area contributed by atoms with Gasteiger partial charge < -0.3 is 14.4 Å². The van der Waals surface area contributed by atoms with Gasteiger partial charge in [-0.1, -0.05) is 23.7 Å². The summed E-state index contributed by atoms with van der Waals surface area (Å²) < 4.78 is 12.8. The molecule has 0 spiro atoms. The van der Waals surface area contributed by atoms with Gasteiger partial charge >= 0.3 is 11.7 Å². The maximum absolute atomic E-state index is 13.3. The van der Waals surface area contributed by atoms with Gasteiger partial charge in [-0.3, -0.25) is 0 Å². The molecular weight excluding hydrogens is 530 g/mol. The summed E-state index contributed by atoms with van der Waals surface area (Å²) in [5.41, 5.74) is 6.22. The van der Waals surface area contributed by atoms with Crippen molar-refractivity contribution in [2.45, 2.75) is 46.3 Å². The quantitative estimate of drug-likeness (QED) is 0.211. The molecule has 0 bridgehead atoms. The maximum atomic E-state index is 13.3. The molecule has 6 nitrogen and oxygen atoms in total. The van der Waals surface area contributed by atoms with Crippen molar-refractivity contribution in [3.05, 3.63) is 69.5 Å². The van der Waals surface area contributed by atoms with Crippen LogP contribution in [0.3, 0.4) is 0 Å². The third-order valence-electron chi connectivity index (χ3n) is 6.14. The largest absolute Gasteiger partial charge is 0.464 e. The molecule has 8 heteroatoms. The molecule has 0 N–H and O–H groups in total. The number of aryl methyl sites for hydroxylation is 1. The molecule has 0 saturated carbocycles. The second-order valence-electron chi connectivity index (χ2n) is 10.4. The van der Waals surface area contributed by atoms with E-state index < -0.39 is 17.7 Å². The Kier molecular flexibility index (Phi) is 8.31. The van der Waals surface area contributed by atoms with Crippen LogP contribution in [0.1, 0.15) is 44.9 Å². The molecule has 0 saturated heterocycles. The average Bonchev–Trinajstić information content (AvgIpc) is 3.30. The van der Waals surface area contributed by atoms with Crippen LogP contribution in [0.4, 0.5) is 11.4 Å². The zero-order valence-corrected chi connectivity index (χ0v) is 24.9. The van der Waals surface area contributed by atoms with Gasteiger partial charge in [-0.25, -0.2) is 9.78 Å². The molecule has 4 rings (SSSR count). The number of aromatic nitrogens is 1. The topological polar surface area (TPSA) is 56.0 Å². The Morgan fingerprint density at radius 2 is 1.79 bits per heavy atom. The molecule has 3 aromatic carbocycles. The molecule has 0 aliphatic carbocycles. The summed E-state index contributed by atoms with van der Waals surface area (Å²) in [5.74, 6) is -0.424. The van der Waals surface area contributed by atoms with Crippen LogP contribution in [0, 0.1) is 13.5 Å². The van der Waals surface area contributed by atoms with Gasteiger partial charge in [-0.05, 0) is 80.9 Å². The average molecular weight is 563 g/mol. The zero-order valence-electron chi connectivity index (χ0n) is 23.3. The first kappa shape index (κ1) is 28.6. The zero-order chi connectivity index (χ0) is 28.5. The van der Waals surface area contributed by atoms with E-state index >= 15 is 0 Å². The van der Waals surface area contributed by atoms with Crippen LogP contribution in [-0.2, 0) is 14.3 Å². The Morgan fingerprint density at radius 3 is 2.38 bits per heavy atom. The van der Waals surface area contributed by atoms with Crippen LogP contribution in [0.25, 0.3) is 36.8 Å². The number of esters is 1. The van der Waals surface area contributed by atoms with Crippen molar-refractivity contribution in [3.8, 4) is 28.3 Å². The first-order valence-corrected chi connectivity index (χ1v) is 13.9. The summed E-state index contributed by atoms with van der Waals surface area (Å²) in [6.45, 7) is 15.4. The standard InChI is InChI=1S/C31H33ClN3O3S/c1-9-37-30(36)27(38-31(3,4)5)25-18(2)16-23-28(26(25)19-10-13-21(32)14-11-19)39-29(34-23)20-12-15-22(33-6)24(17-20)35(7)8/h6,10-17,27H,9H2,1-5,7-8H3/q+1. The SMILES string of the molecule is C#[N+]c1ccc(-c2nc3cc(C)c(C(OC(C)(C)C)C(=O)OCC)c(-c4ccc(Cl)cc4)c3s2)cc1N(C)C. The van der Waals surface area contributed by atoms with Crippen molar-refractivity contribution in [1.82, 2.24) is 4.98 Å². The lowest BCUT2D eigenvalue weighted by Gasteiger charge is -2.29. The molecule has 0 radical (unpaired) electrons. The third-order valence-corrected chi connectivity index (χ3v) is 7.53. The lowest BCUT2D eigenvalue weighted by atomic mass is 9.91. The number of rotatable bonds is 7. The van der Waals surface area contributed by atoms with Crippen molar-refractivity contribution in [3.63, 3.8) is 0 Å². The van der Waals surface area contributed by atoms with E-state index in [0.29, 0.717) is 10.7 Å². The number of nitrogens with zero attached hydrogens (tertiary/aromatic N) is 3. The van der Waals surface area contributed by atoms with E-state index in [2.05, 4.69) is 4.85 Å². The van der Waals surface area contributed by atoms with E-state index in [4.69, 9.17) is 32.6 Å². The predicted octanol–water partition coefficient (Wildman–Crippen LogP) is 8.67. The number of hydrogen-bond acceptors (Lipinski definition) is 6. The first-order valence-electron chi connectivity index (χ1n) is 12.7. The van der Waals surface area contributed by atoms with Gasteiger partial charge in [0, 0.05) is 41.9 Å². The Morgan fingerprint density at radius 1 is 1.13 bits per heavy atom. The van der Waals surface area contributed by atoms with Crippen LogP contribution < -0.4 is 4.90 Å². The Labute approximate surface area is 239 Å². The molecule has 1 aromatic heterocycles. The highest BCUT2D eigenvalue weighted by molar-refractivity contribution is 7.22. The van der Waals surface area contributed by atoms with E-state index in [1.165, 1.54) is 0 Å². The summed E-state index contributed by atoms with van der Waals surface area (Å²) >= 11 is 7.81.